The van der Waals surface area contributed by atoms with Crippen molar-refractivity contribution >= 4 is 34.8 Å². The summed E-state index contributed by atoms with van der Waals surface area (Å²) in [4.78, 5) is 42.7. The summed E-state index contributed by atoms with van der Waals surface area (Å²) in [5, 5.41) is 15.7. The predicted octanol–water partition coefficient (Wildman–Crippen LogP) is 6.17. The Morgan fingerprint density at radius 3 is 2.22 bits per heavy atom. The normalized spacial score (nSPS) is 17.0. The zero-order valence-electron chi connectivity index (χ0n) is 28.6. The molecule has 50 heavy (non-hydrogen) atoms. The minimum absolute atomic E-state index is 0.157. The number of nitrogens with zero attached hydrogens (tertiary/aromatic N) is 2. The van der Waals surface area contributed by atoms with Crippen molar-refractivity contribution in [2.24, 2.45) is 5.92 Å². The van der Waals surface area contributed by atoms with Gasteiger partial charge in [-0.05, 0) is 68.8 Å². The number of carbonyl (C=O) groups excluding carboxylic acids is 3. The lowest BCUT2D eigenvalue weighted by molar-refractivity contribution is -0.137. The number of nitrogens with one attached hydrogen (secondary N) is 2. The van der Waals surface area contributed by atoms with Crippen LogP contribution in [-0.4, -0.2) is 71.5 Å². The Bertz CT molecular complexity index is 1620. The number of fused-ring (bicyclic) bond motifs is 1. The number of unbranched alkanes of at least 4 members (excludes halogenated alkanes) is 2. The Morgan fingerprint density at radius 1 is 0.980 bits per heavy atom. The number of carbonyl (C=O) groups is 3. The van der Waals surface area contributed by atoms with Gasteiger partial charge in [-0.1, -0.05) is 43.7 Å². The van der Waals surface area contributed by atoms with Crippen molar-refractivity contribution in [3.63, 3.8) is 0 Å². The lowest BCUT2D eigenvalue weighted by atomic mass is 9.98. The molecule has 270 valence electrons. The number of rotatable bonds is 14. The van der Waals surface area contributed by atoms with Crippen molar-refractivity contribution in [1.82, 2.24) is 9.80 Å². The first-order valence-corrected chi connectivity index (χ1v) is 16.8. The van der Waals surface area contributed by atoms with E-state index in [1.165, 1.54) is 12.1 Å². The third-order valence-electron chi connectivity index (χ3n) is 8.73. The molecule has 4 rings (SSSR count). The first-order chi connectivity index (χ1) is 23.8. The van der Waals surface area contributed by atoms with Crippen molar-refractivity contribution in [3.8, 4) is 5.75 Å². The first-order valence-electron chi connectivity index (χ1n) is 16.8. The lowest BCUT2D eigenvalue weighted by Gasteiger charge is -2.38. The molecule has 0 aromatic heterocycles. The average molecular weight is 698 g/mol. The van der Waals surface area contributed by atoms with Gasteiger partial charge in [0.25, 0.3) is 5.91 Å². The fraction of sp³-hybridized carbons (Fsp3) is 0.432. The van der Waals surface area contributed by atoms with Gasteiger partial charge in [-0.25, -0.2) is 0 Å². The van der Waals surface area contributed by atoms with Crippen LogP contribution in [0.3, 0.4) is 0 Å². The molecular formula is C37H46F3N5O5. The van der Waals surface area contributed by atoms with Crippen LogP contribution < -0.4 is 21.1 Å². The molecule has 3 aromatic carbocycles. The summed E-state index contributed by atoms with van der Waals surface area (Å²) in [6, 6.07) is 16.5. The van der Waals surface area contributed by atoms with E-state index in [0.29, 0.717) is 61.5 Å². The fourth-order valence-corrected chi connectivity index (χ4v) is 5.83. The van der Waals surface area contributed by atoms with E-state index in [1.54, 1.807) is 54.3 Å². The number of anilines is 3. The van der Waals surface area contributed by atoms with E-state index in [0.717, 1.165) is 12.1 Å². The van der Waals surface area contributed by atoms with Gasteiger partial charge in [-0.3, -0.25) is 19.3 Å². The Morgan fingerprint density at radius 2 is 1.60 bits per heavy atom. The molecule has 3 atom stereocenters. The first kappa shape index (κ1) is 38.2. The summed E-state index contributed by atoms with van der Waals surface area (Å²) < 4.78 is 45.7. The highest BCUT2D eigenvalue weighted by molar-refractivity contribution is 6.01. The molecule has 1 heterocycles. The second kappa shape index (κ2) is 17.3. The number of benzene rings is 3. The maximum Gasteiger partial charge on any atom is 0.416 e. The van der Waals surface area contributed by atoms with Gasteiger partial charge >= 0.3 is 6.18 Å². The summed E-state index contributed by atoms with van der Waals surface area (Å²) in [5.74, 6) is -0.762. The van der Waals surface area contributed by atoms with Crippen LogP contribution in [0.2, 0.25) is 0 Å². The molecule has 10 nitrogen and oxygen atoms in total. The van der Waals surface area contributed by atoms with Gasteiger partial charge in [0, 0.05) is 38.4 Å². The van der Waals surface area contributed by atoms with E-state index in [1.807, 2.05) is 18.9 Å². The highest BCUT2D eigenvalue weighted by Gasteiger charge is 2.35. The number of nitrogens with two attached hydrogens (primary N) is 1. The van der Waals surface area contributed by atoms with Crippen LogP contribution in [0.5, 0.6) is 5.75 Å². The Kier molecular flexibility index (Phi) is 13.3. The van der Waals surface area contributed by atoms with E-state index in [-0.39, 0.29) is 54.4 Å². The number of hydrogen-bond acceptors (Lipinski definition) is 7. The number of halogens is 3. The molecule has 0 aliphatic carbocycles. The van der Waals surface area contributed by atoms with Crippen molar-refractivity contribution < 1.29 is 37.4 Å². The van der Waals surface area contributed by atoms with Crippen LogP contribution in [0.15, 0.2) is 66.7 Å². The molecule has 0 spiro atoms. The van der Waals surface area contributed by atoms with Gasteiger partial charge in [0.15, 0.2) is 5.75 Å². The smallest absolute Gasteiger partial charge is 0.416 e. The number of likely N-dealkylation sites (N-methyl/N-ethyl adjacent to an activating group) is 1. The van der Waals surface area contributed by atoms with Crippen molar-refractivity contribution in [1.29, 1.82) is 0 Å². The van der Waals surface area contributed by atoms with E-state index in [2.05, 4.69) is 10.6 Å². The summed E-state index contributed by atoms with van der Waals surface area (Å²) in [6.07, 6.45) is -2.66. The molecule has 5 N–H and O–H groups in total. The summed E-state index contributed by atoms with van der Waals surface area (Å²) >= 11 is 0. The minimum Gasteiger partial charge on any atom is -0.486 e. The number of nitrogen functional groups attached to an aromatic ring is 1. The number of aliphatic hydroxyl groups is 1. The maximum atomic E-state index is 13.8. The third-order valence-corrected chi connectivity index (χ3v) is 8.73. The molecular weight excluding hydrogens is 651 g/mol. The second-order valence-corrected chi connectivity index (χ2v) is 12.9. The van der Waals surface area contributed by atoms with Crippen LogP contribution in [0.25, 0.3) is 0 Å². The molecule has 0 saturated heterocycles. The van der Waals surface area contributed by atoms with E-state index >= 15 is 0 Å². The summed E-state index contributed by atoms with van der Waals surface area (Å²) in [7, 11) is 1.83. The monoisotopic (exact) mass is 697 g/mol. The van der Waals surface area contributed by atoms with Crippen molar-refractivity contribution in [2.75, 3.05) is 43.1 Å². The average Bonchev–Trinajstić information content (AvgIpc) is 3.07. The van der Waals surface area contributed by atoms with E-state index in [4.69, 9.17) is 10.5 Å². The summed E-state index contributed by atoms with van der Waals surface area (Å²) in [5.41, 5.74) is 7.49. The van der Waals surface area contributed by atoms with E-state index < -0.39 is 23.9 Å². The topological polar surface area (TPSA) is 137 Å². The molecule has 3 amide bonds. The SMILES string of the molecule is C[C@@H]1CN([C@@H](C)CO)C(=O)c2cccc(NC(=O)CCCCCC(=O)Nc3ccccc3N)c2O[C@@H]1CN(C)Cc1ccc(C(F)(F)F)cc1. The van der Waals surface area contributed by atoms with Crippen LogP contribution in [0.1, 0.15) is 67.4 Å². The number of hydrogen-bond donors (Lipinski definition) is 4. The zero-order chi connectivity index (χ0) is 36.4. The highest BCUT2D eigenvalue weighted by Crippen LogP contribution is 2.35. The molecule has 3 aromatic rings. The standard InChI is InChI=1S/C37H46F3N5O5/c1-24-20-45(25(2)23-46)36(49)28-10-9-13-31(43-34(48)15-6-4-5-14-33(47)42-30-12-8-7-11-29(30)41)35(28)50-32(24)22-44(3)21-26-16-18-27(19-17-26)37(38,39)40/h7-13,16-19,24-25,32,46H,4-6,14-15,20-23,41H2,1-3H3,(H,42,47)(H,43,48)/t24-,25+,32-/m1/s1. The lowest BCUT2D eigenvalue weighted by Crippen LogP contribution is -2.49. The number of amides is 3. The Labute approximate surface area is 290 Å². The molecule has 1 aliphatic heterocycles. The second-order valence-electron chi connectivity index (χ2n) is 12.9. The van der Waals surface area contributed by atoms with Gasteiger partial charge in [0.2, 0.25) is 11.8 Å². The van der Waals surface area contributed by atoms with Gasteiger partial charge in [-0.2, -0.15) is 13.2 Å². The fourth-order valence-electron chi connectivity index (χ4n) is 5.83. The van der Waals surface area contributed by atoms with Gasteiger partial charge in [0.1, 0.15) is 6.10 Å². The zero-order valence-corrected chi connectivity index (χ0v) is 28.6. The quantitative estimate of drug-likeness (QED) is 0.117. The minimum atomic E-state index is -4.42. The predicted molar refractivity (Wildman–Crippen MR) is 187 cm³/mol. The number of alkyl halides is 3. The number of aliphatic hydroxyl groups excluding tert-OH is 1. The molecule has 0 radical (unpaired) electrons. The van der Waals surface area contributed by atoms with Crippen molar-refractivity contribution in [2.45, 2.75) is 70.8 Å². The van der Waals surface area contributed by atoms with Gasteiger partial charge < -0.3 is 31.1 Å². The van der Waals surface area contributed by atoms with Crippen LogP contribution in [0.4, 0.5) is 30.2 Å². The number of para-hydroxylation sites is 3. The van der Waals surface area contributed by atoms with Gasteiger partial charge in [-0.15, -0.1) is 0 Å². The Balaban J connectivity index is 1.42. The molecule has 0 unspecified atom stereocenters. The number of ether oxygens (including phenoxy) is 1. The molecule has 0 saturated carbocycles. The Hall–Kier alpha value is -4.62. The van der Waals surface area contributed by atoms with Gasteiger partial charge in [0.05, 0.1) is 40.8 Å². The largest absolute Gasteiger partial charge is 0.486 e. The van der Waals surface area contributed by atoms with E-state index in [9.17, 15) is 32.7 Å². The molecule has 1 aliphatic rings. The third kappa shape index (κ3) is 10.4. The van der Waals surface area contributed by atoms with Crippen LogP contribution >= 0.6 is 0 Å². The molecule has 13 heteroatoms. The highest BCUT2D eigenvalue weighted by atomic mass is 19.4. The van der Waals surface area contributed by atoms with Crippen LogP contribution in [-0.2, 0) is 22.3 Å². The maximum absolute atomic E-state index is 13.8. The molecule has 0 fully saturated rings. The van der Waals surface area contributed by atoms with Crippen LogP contribution in [0, 0.1) is 5.92 Å². The summed E-state index contributed by atoms with van der Waals surface area (Å²) in [6.45, 7) is 4.46. The van der Waals surface area contributed by atoms with Crippen molar-refractivity contribution in [3.05, 3.63) is 83.4 Å². The molecule has 0 bridgehead atoms.